The van der Waals surface area contributed by atoms with Crippen LogP contribution in [0.5, 0.6) is 5.75 Å². The Bertz CT molecular complexity index is 1150. The quantitative estimate of drug-likeness (QED) is 0.527. The zero-order valence-corrected chi connectivity index (χ0v) is 15.7. The summed E-state index contributed by atoms with van der Waals surface area (Å²) in [6.07, 6.45) is 0. The van der Waals surface area contributed by atoms with Crippen molar-refractivity contribution in [3.63, 3.8) is 0 Å². The summed E-state index contributed by atoms with van der Waals surface area (Å²) in [4.78, 5) is 16.8. The van der Waals surface area contributed by atoms with Gasteiger partial charge in [-0.25, -0.2) is 4.98 Å². The molecule has 5 heteroatoms. The zero-order valence-electron chi connectivity index (χ0n) is 15.7. The number of benzene rings is 3. The Labute approximate surface area is 163 Å². The highest BCUT2D eigenvalue weighted by molar-refractivity contribution is 5.92. The molecule has 28 heavy (non-hydrogen) atoms. The molecule has 140 valence electrons. The Balaban J connectivity index is 1.46. The first-order valence-electron chi connectivity index (χ1n) is 9.04. The van der Waals surface area contributed by atoms with Gasteiger partial charge < -0.3 is 14.5 Å². The zero-order chi connectivity index (χ0) is 19.5. The topological polar surface area (TPSA) is 64.4 Å². The second-order valence-corrected chi connectivity index (χ2v) is 6.72. The molecule has 0 atom stereocenters. The smallest absolute Gasteiger partial charge is 0.262 e. The summed E-state index contributed by atoms with van der Waals surface area (Å²) in [5.41, 5.74) is 5.22. The van der Waals surface area contributed by atoms with Gasteiger partial charge in [-0.05, 0) is 67.4 Å². The lowest BCUT2D eigenvalue weighted by Crippen LogP contribution is -2.20. The fraction of sp³-hybridized carbons (Fsp3) is 0.130. The monoisotopic (exact) mass is 372 g/mol. The van der Waals surface area contributed by atoms with Crippen LogP contribution in [0, 0.1) is 13.8 Å². The number of amides is 1. The van der Waals surface area contributed by atoms with Crippen molar-refractivity contribution in [2.24, 2.45) is 0 Å². The number of carbonyl (C=O) groups is 1. The molecule has 0 aliphatic heterocycles. The van der Waals surface area contributed by atoms with Crippen molar-refractivity contribution in [1.82, 2.24) is 4.98 Å². The molecule has 0 fully saturated rings. The van der Waals surface area contributed by atoms with Gasteiger partial charge in [-0.3, -0.25) is 4.79 Å². The van der Waals surface area contributed by atoms with Crippen molar-refractivity contribution < 1.29 is 13.9 Å². The summed E-state index contributed by atoms with van der Waals surface area (Å²) in [5, 5.41) is 2.85. The number of nitrogens with zero attached hydrogens (tertiary/aromatic N) is 1. The summed E-state index contributed by atoms with van der Waals surface area (Å²) in [5.74, 6) is 0.963. The molecule has 5 nitrogen and oxygen atoms in total. The van der Waals surface area contributed by atoms with Crippen molar-refractivity contribution in [2.75, 3.05) is 11.9 Å². The maximum absolute atomic E-state index is 12.2. The molecular formula is C23H20N2O3. The average Bonchev–Trinajstić information content (AvgIpc) is 3.10. The van der Waals surface area contributed by atoms with Gasteiger partial charge in [0.15, 0.2) is 12.2 Å². The van der Waals surface area contributed by atoms with Crippen LogP contribution in [0.2, 0.25) is 0 Å². The van der Waals surface area contributed by atoms with Gasteiger partial charge in [0, 0.05) is 11.3 Å². The number of rotatable bonds is 5. The number of aryl methyl sites for hydroxylation is 2. The summed E-state index contributed by atoms with van der Waals surface area (Å²) in [6, 6.07) is 20.9. The highest BCUT2D eigenvalue weighted by Gasteiger charge is 2.10. The summed E-state index contributed by atoms with van der Waals surface area (Å²) in [6.45, 7) is 3.93. The van der Waals surface area contributed by atoms with Crippen LogP contribution >= 0.6 is 0 Å². The van der Waals surface area contributed by atoms with Crippen molar-refractivity contribution >= 4 is 22.7 Å². The van der Waals surface area contributed by atoms with E-state index in [0.29, 0.717) is 17.3 Å². The predicted octanol–water partition coefficient (Wildman–Crippen LogP) is 5.13. The van der Waals surface area contributed by atoms with E-state index in [1.165, 1.54) is 0 Å². The van der Waals surface area contributed by atoms with Crippen molar-refractivity contribution in [2.45, 2.75) is 13.8 Å². The molecule has 0 spiro atoms. The molecule has 0 unspecified atom stereocenters. The van der Waals surface area contributed by atoms with Gasteiger partial charge in [-0.2, -0.15) is 0 Å². The molecule has 1 aromatic heterocycles. The van der Waals surface area contributed by atoms with Crippen LogP contribution < -0.4 is 10.1 Å². The maximum atomic E-state index is 12.2. The number of hydrogen-bond acceptors (Lipinski definition) is 4. The maximum Gasteiger partial charge on any atom is 0.262 e. The number of carbonyl (C=O) groups excluding carboxylic acids is 1. The third-order valence-electron chi connectivity index (χ3n) is 4.30. The van der Waals surface area contributed by atoms with Gasteiger partial charge in [0.2, 0.25) is 5.89 Å². The number of fused-ring (bicyclic) bond motifs is 1. The Kier molecular flexibility index (Phi) is 4.81. The van der Waals surface area contributed by atoms with Gasteiger partial charge in [-0.1, -0.05) is 24.3 Å². The fourth-order valence-corrected chi connectivity index (χ4v) is 2.94. The molecule has 1 heterocycles. The number of nitrogens with one attached hydrogen (secondary N) is 1. The summed E-state index contributed by atoms with van der Waals surface area (Å²) < 4.78 is 11.4. The highest BCUT2D eigenvalue weighted by Crippen LogP contribution is 2.26. The van der Waals surface area contributed by atoms with Gasteiger partial charge in [0.1, 0.15) is 11.3 Å². The highest BCUT2D eigenvalue weighted by atomic mass is 16.5. The number of hydrogen-bond donors (Lipinski definition) is 1. The normalized spacial score (nSPS) is 10.8. The van der Waals surface area contributed by atoms with E-state index >= 15 is 0 Å². The fourth-order valence-electron chi connectivity index (χ4n) is 2.94. The SMILES string of the molecule is Cc1cccc(OCC(=O)Nc2cccc(-c3nc4cc(C)ccc4o3)c2)c1. The molecule has 1 N–H and O–H groups in total. The van der Waals surface area contributed by atoms with Crippen LogP contribution in [0.15, 0.2) is 71.1 Å². The summed E-state index contributed by atoms with van der Waals surface area (Å²) >= 11 is 0. The molecule has 0 radical (unpaired) electrons. The number of anilines is 1. The van der Waals surface area contributed by atoms with Crippen LogP contribution in [0.25, 0.3) is 22.6 Å². The largest absolute Gasteiger partial charge is 0.484 e. The molecular weight excluding hydrogens is 352 g/mol. The Morgan fingerprint density at radius 3 is 2.68 bits per heavy atom. The standard InChI is InChI=1S/C23H20N2O3/c1-15-5-3-8-19(11-15)27-14-22(26)24-18-7-4-6-17(13-18)23-25-20-12-16(2)9-10-21(20)28-23/h3-13H,14H2,1-2H3,(H,24,26). The number of ether oxygens (including phenoxy) is 1. The van der Waals surface area contributed by atoms with Crippen LogP contribution in [0.3, 0.4) is 0 Å². The molecule has 1 amide bonds. The van der Waals surface area contributed by atoms with E-state index < -0.39 is 0 Å². The minimum Gasteiger partial charge on any atom is -0.484 e. The lowest BCUT2D eigenvalue weighted by Gasteiger charge is -2.08. The first-order valence-corrected chi connectivity index (χ1v) is 9.04. The van der Waals surface area contributed by atoms with Crippen molar-refractivity contribution in [3.8, 4) is 17.2 Å². The molecule has 0 aliphatic carbocycles. The van der Waals surface area contributed by atoms with Gasteiger partial charge >= 0.3 is 0 Å². The van der Waals surface area contributed by atoms with Crippen molar-refractivity contribution in [3.05, 3.63) is 77.9 Å². The second-order valence-electron chi connectivity index (χ2n) is 6.72. The van der Waals surface area contributed by atoms with E-state index in [9.17, 15) is 4.79 Å². The minimum atomic E-state index is -0.230. The second kappa shape index (κ2) is 7.56. The first kappa shape index (κ1) is 17.8. The molecule has 0 bridgehead atoms. The third kappa shape index (κ3) is 4.04. The van der Waals surface area contributed by atoms with Crippen LogP contribution in [0.1, 0.15) is 11.1 Å². The molecule has 3 aromatic carbocycles. The average molecular weight is 372 g/mol. The van der Waals surface area contributed by atoms with Gasteiger partial charge in [0.05, 0.1) is 0 Å². The van der Waals surface area contributed by atoms with Crippen LogP contribution in [0.4, 0.5) is 5.69 Å². The van der Waals surface area contributed by atoms with Gasteiger partial charge in [-0.15, -0.1) is 0 Å². The molecule has 4 rings (SSSR count). The first-order chi connectivity index (χ1) is 13.6. The summed E-state index contributed by atoms with van der Waals surface area (Å²) in [7, 11) is 0. The third-order valence-corrected chi connectivity index (χ3v) is 4.30. The van der Waals surface area contributed by atoms with E-state index in [1.807, 2.05) is 80.6 Å². The Hall–Kier alpha value is -3.60. The number of oxazole rings is 1. The molecule has 0 saturated carbocycles. The lowest BCUT2D eigenvalue weighted by atomic mass is 10.2. The predicted molar refractivity (Wildman–Crippen MR) is 109 cm³/mol. The molecule has 0 saturated heterocycles. The molecule has 4 aromatic rings. The van der Waals surface area contributed by atoms with Crippen LogP contribution in [-0.2, 0) is 4.79 Å². The van der Waals surface area contributed by atoms with E-state index in [1.54, 1.807) is 0 Å². The van der Waals surface area contributed by atoms with E-state index in [0.717, 1.165) is 27.8 Å². The molecule has 0 aliphatic rings. The minimum absolute atomic E-state index is 0.0597. The van der Waals surface area contributed by atoms with Crippen molar-refractivity contribution in [1.29, 1.82) is 0 Å². The van der Waals surface area contributed by atoms with E-state index in [2.05, 4.69) is 10.3 Å². The van der Waals surface area contributed by atoms with E-state index in [4.69, 9.17) is 9.15 Å². The Morgan fingerprint density at radius 2 is 1.82 bits per heavy atom. The Morgan fingerprint density at radius 1 is 1.00 bits per heavy atom. The van der Waals surface area contributed by atoms with E-state index in [-0.39, 0.29) is 12.5 Å². The number of aromatic nitrogens is 1. The van der Waals surface area contributed by atoms with Crippen LogP contribution in [-0.4, -0.2) is 17.5 Å². The van der Waals surface area contributed by atoms with Gasteiger partial charge in [0.25, 0.3) is 5.91 Å². The lowest BCUT2D eigenvalue weighted by molar-refractivity contribution is -0.118.